The molecular weight excluding hydrogens is 377 g/mol. The average molecular weight is 396 g/mol. The molecule has 0 aromatic heterocycles. The van der Waals surface area contributed by atoms with Crippen molar-refractivity contribution in [3.8, 4) is 11.5 Å². The topological polar surface area (TPSA) is 76.7 Å². The lowest BCUT2D eigenvalue weighted by molar-refractivity contribution is -0.123. The fraction of sp³-hybridized carbons (Fsp3) is 0.263. The maximum absolute atomic E-state index is 13.5. The molecule has 0 heterocycles. The molecule has 0 spiro atoms. The predicted molar refractivity (Wildman–Crippen MR) is 94.8 cm³/mol. The second kappa shape index (κ2) is 10.2. The van der Waals surface area contributed by atoms with E-state index in [-0.39, 0.29) is 19.7 Å². The van der Waals surface area contributed by atoms with E-state index in [1.165, 1.54) is 0 Å². The molecule has 0 radical (unpaired) electrons. The van der Waals surface area contributed by atoms with E-state index in [0.29, 0.717) is 24.2 Å². The summed E-state index contributed by atoms with van der Waals surface area (Å²) >= 11 is 0. The van der Waals surface area contributed by atoms with Crippen LogP contribution in [0.3, 0.4) is 0 Å². The summed E-state index contributed by atoms with van der Waals surface area (Å²) in [6, 6.07) is 8.38. The van der Waals surface area contributed by atoms with Gasteiger partial charge in [0.15, 0.2) is 35.6 Å². The van der Waals surface area contributed by atoms with Gasteiger partial charge in [-0.05, 0) is 31.2 Å². The van der Waals surface area contributed by atoms with E-state index >= 15 is 0 Å². The van der Waals surface area contributed by atoms with E-state index in [4.69, 9.17) is 9.47 Å². The Labute approximate surface area is 159 Å². The number of nitrogens with one attached hydrogen (secondary N) is 2. The molecule has 0 atom stereocenters. The summed E-state index contributed by atoms with van der Waals surface area (Å²) in [5.74, 6) is -5.10. The van der Waals surface area contributed by atoms with Crippen LogP contribution < -0.4 is 20.1 Å². The molecule has 9 heteroatoms. The molecule has 0 bridgehead atoms. The van der Waals surface area contributed by atoms with Crippen molar-refractivity contribution in [1.82, 2.24) is 10.6 Å². The summed E-state index contributed by atoms with van der Waals surface area (Å²) in [6.07, 6.45) is 0. The number of benzene rings is 2. The van der Waals surface area contributed by atoms with Crippen LogP contribution in [0.25, 0.3) is 0 Å². The first-order chi connectivity index (χ1) is 13.4. The first-order valence-corrected chi connectivity index (χ1v) is 8.47. The van der Waals surface area contributed by atoms with Crippen molar-refractivity contribution in [2.24, 2.45) is 0 Å². The zero-order chi connectivity index (χ0) is 20.5. The number of halogens is 3. The SMILES string of the molecule is CCOc1ccccc1OCC(=O)NCCNC(=O)c1ccc(F)c(F)c1F. The van der Waals surface area contributed by atoms with E-state index in [1.807, 2.05) is 6.92 Å². The molecule has 28 heavy (non-hydrogen) atoms. The van der Waals surface area contributed by atoms with Crippen LogP contribution >= 0.6 is 0 Å². The number of carbonyl (C=O) groups excluding carboxylic acids is 2. The summed E-state index contributed by atoms with van der Waals surface area (Å²) in [5, 5.41) is 4.80. The van der Waals surface area contributed by atoms with Gasteiger partial charge in [0.05, 0.1) is 12.2 Å². The minimum Gasteiger partial charge on any atom is -0.490 e. The number of hydrogen-bond acceptors (Lipinski definition) is 4. The number of rotatable bonds is 9. The Hall–Kier alpha value is -3.23. The van der Waals surface area contributed by atoms with E-state index < -0.39 is 34.8 Å². The number of para-hydroxylation sites is 2. The quantitative estimate of drug-likeness (QED) is 0.504. The molecule has 150 valence electrons. The van der Waals surface area contributed by atoms with Gasteiger partial charge in [0.25, 0.3) is 11.8 Å². The van der Waals surface area contributed by atoms with Gasteiger partial charge in [0.2, 0.25) is 0 Å². The summed E-state index contributed by atoms with van der Waals surface area (Å²) in [4.78, 5) is 23.6. The summed E-state index contributed by atoms with van der Waals surface area (Å²) in [7, 11) is 0. The van der Waals surface area contributed by atoms with Crippen LogP contribution in [-0.4, -0.2) is 38.1 Å². The van der Waals surface area contributed by atoms with Crippen LogP contribution in [0.5, 0.6) is 11.5 Å². The Kier molecular flexibility index (Phi) is 7.67. The molecular formula is C19H19F3N2O4. The number of amides is 2. The maximum Gasteiger partial charge on any atom is 0.258 e. The van der Waals surface area contributed by atoms with Gasteiger partial charge in [-0.3, -0.25) is 9.59 Å². The van der Waals surface area contributed by atoms with Gasteiger partial charge in [-0.1, -0.05) is 12.1 Å². The fourth-order valence-corrected chi connectivity index (χ4v) is 2.21. The van der Waals surface area contributed by atoms with Gasteiger partial charge in [-0.15, -0.1) is 0 Å². The van der Waals surface area contributed by atoms with Gasteiger partial charge in [-0.2, -0.15) is 0 Å². The highest BCUT2D eigenvalue weighted by molar-refractivity contribution is 5.94. The Bertz CT molecular complexity index is 846. The largest absolute Gasteiger partial charge is 0.490 e. The normalized spacial score (nSPS) is 10.3. The molecule has 0 saturated heterocycles. The molecule has 0 aliphatic heterocycles. The highest BCUT2D eigenvalue weighted by atomic mass is 19.2. The van der Waals surface area contributed by atoms with Gasteiger partial charge >= 0.3 is 0 Å². The van der Waals surface area contributed by atoms with Gasteiger partial charge in [0, 0.05) is 13.1 Å². The Morgan fingerprint density at radius 2 is 1.54 bits per heavy atom. The van der Waals surface area contributed by atoms with Crippen molar-refractivity contribution >= 4 is 11.8 Å². The molecule has 0 saturated carbocycles. The molecule has 0 aliphatic carbocycles. The average Bonchev–Trinajstić information content (AvgIpc) is 2.69. The number of ether oxygens (including phenoxy) is 2. The third-order valence-corrected chi connectivity index (χ3v) is 3.52. The Morgan fingerprint density at radius 3 is 2.21 bits per heavy atom. The van der Waals surface area contributed by atoms with Crippen molar-refractivity contribution in [3.63, 3.8) is 0 Å². The minimum atomic E-state index is -1.72. The zero-order valence-electron chi connectivity index (χ0n) is 15.1. The van der Waals surface area contributed by atoms with Gasteiger partial charge < -0.3 is 20.1 Å². The van der Waals surface area contributed by atoms with Crippen LogP contribution in [0.2, 0.25) is 0 Å². The zero-order valence-corrected chi connectivity index (χ0v) is 15.1. The lowest BCUT2D eigenvalue weighted by Crippen LogP contribution is -2.37. The highest BCUT2D eigenvalue weighted by Crippen LogP contribution is 2.26. The number of hydrogen-bond donors (Lipinski definition) is 2. The van der Waals surface area contributed by atoms with Crippen molar-refractivity contribution < 1.29 is 32.2 Å². The molecule has 2 rings (SSSR count). The molecule has 2 aromatic carbocycles. The molecule has 2 amide bonds. The van der Waals surface area contributed by atoms with Crippen molar-refractivity contribution in [2.75, 3.05) is 26.3 Å². The summed E-state index contributed by atoms with van der Waals surface area (Å²) in [5.41, 5.74) is -0.624. The second-order valence-corrected chi connectivity index (χ2v) is 5.50. The lowest BCUT2D eigenvalue weighted by Gasteiger charge is -2.12. The van der Waals surface area contributed by atoms with Crippen molar-refractivity contribution in [1.29, 1.82) is 0 Å². The van der Waals surface area contributed by atoms with Crippen LogP contribution in [-0.2, 0) is 4.79 Å². The molecule has 2 aromatic rings. The Balaban J connectivity index is 1.74. The van der Waals surface area contributed by atoms with E-state index in [9.17, 15) is 22.8 Å². The lowest BCUT2D eigenvalue weighted by atomic mass is 10.2. The van der Waals surface area contributed by atoms with E-state index in [1.54, 1.807) is 24.3 Å². The molecule has 2 N–H and O–H groups in total. The minimum absolute atomic E-state index is 0.0341. The first-order valence-electron chi connectivity index (χ1n) is 8.47. The molecule has 0 aliphatic rings. The Morgan fingerprint density at radius 1 is 0.893 bits per heavy atom. The third-order valence-electron chi connectivity index (χ3n) is 3.52. The van der Waals surface area contributed by atoms with Crippen LogP contribution in [0, 0.1) is 17.5 Å². The van der Waals surface area contributed by atoms with Gasteiger partial charge in [0.1, 0.15) is 0 Å². The monoisotopic (exact) mass is 396 g/mol. The van der Waals surface area contributed by atoms with Crippen molar-refractivity contribution in [3.05, 3.63) is 59.4 Å². The van der Waals surface area contributed by atoms with E-state index in [0.717, 1.165) is 6.07 Å². The highest BCUT2D eigenvalue weighted by Gasteiger charge is 2.18. The van der Waals surface area contributed by atoms with E-state index in [2.05, 4.69) is 10.6 Å². The van der Waals surface area contributed by atoms with Crippen molar-refractivity contribution in [2.45, 2.75) is 6.92 Å². The first kappa shape index (κ1) is 21.1. The predicted octanol–water partition coefficient (Wildman–Crippen LogP) is 2.43. The van der Waals surface area contributed by atoms with Crippen LogP contribution in [0.15, 0.2) is 36.4 Å². The number of carbonyl (C=O) groups is 2. The third kappa shape index (κ3) is 5.63. The summed E-state index contributed by atoms with van der Waals surface area (Å²) < 4.78 is 50.3. The molecule has 0 fully saturated rings. The van der Waals surface area contributed by atoms with Crippen LogP contribution in [0.4, 0.5) is 13.2 Å². The van der Waals surface area contributed by atoms with Crippen LogP contribution in [0.1, 0.15) is 17.3 Å². The molecule has 6 nitrogen and oxygen atoms in total. The fourth-order valence-electron chi connectivity index (χ4n) is 2.21. The smallest absolute Gasteiger partial charge is 0.258 e. The summed E-state index contributed by atoms with van der Waals surface area (Å²) in [6.45, 7) is 2.00. The molecule has 0 unspecified atom stereocenters. The van der Waals surface area contributed by atoms with Gasteiger partial charge in [-0.25, -0.2) is 13.2 Å². The maximum atomic E-state index is 13.5. The second-order valence-electron chi connectivity index (χ2n) is 5.50. The standard InChI is InChI=1S/C19H19F3N2O4/c1-2-27-14-5-3-4-6-15(14)28-11-16(25)23-9-10-24-19(26)12-7-8-13(20)18(22)17(12)21/h3-8H,2,9-11H2,1H3,(H,23,25)(H,24,26).